The topological polar surface area (TPSA) is 111 Å². The third-order valence-electron chi connectivity index (χ3n) is 7.84. The van der Waals surface area contributed by atoms with Crippen molar-refractivity contribution < 1.29 is 9.50 Å². The van der Waals surface area contributed by atoms with Crippen LogP contribution in [0.5, 0.6) is 5.75 Å². The molecule has 3 aromatic rings. The van der Waals surface area contributed by atoms with Crippen molar-refractivity contribution in [2.45, 2.75) is 81.7 Å². The van der Waals surface area contributed by atoms with Gasteiger partial charge < -0.3 is 15.3 Å². The molecule has 8 nitrogen and oxygen atoms in total. The number of nitrogens with zero attached hydrogens (tertiary/aromatic N) is 6. The lowest BCUT2D eigenvalue weighted by Crippen LogP contribution is -2.73. The number of nitriles is 1. The molecule has 10 heteroatoms. The molecule has 0 radical (unpaired) electrons. The molecule has 2 aliphatic heterocycles. The fourth-order valence-corrected chi connectivity index (χ4v) is 6.78. The van der Waals surface area contributed by atoms with E-state index in [1.54, 1.807) is 23.7 Å². The number of piperidine rings is 2. The van der Waals surface area contributed by atoms with E-state index in [0.717, 1.165) is 32.1 Å². The molecule has 6 rings (SSSR count). The molecule has 1 aliphatic carbocycles. The van der Waals surface area contributed by atoms with E-state index in [0.29, 0.717) is 39.9 Å². The van der Waals surface area contributed by atoms with Crippen molar-refractivity contribution in [2.75, 3.05) is 4.90 Å². The Hall–Kier alpha value is -3.16. The quantitative estimate of drug-likeness (QED) is 0.517. The SMILES string of the molecule is C[C@]12CCC[C@](C)(N1)[C@H](F)[C@H](N(c1ncc(-c3ccc(-c4nc(C#N)cs4)cc3O)nn1)C1CC1)C2. The highest BCUT2D eigenvalue weighted by Gasteiger charge is 2.56. The minimum atomic E-state index is -1.03. The van der Waals surface area contributed by atoms with Crippen molar-refractivity contribution in [3.05, 3.63) is 35.5 Å². The normalized spacial score (nSPS) is 29.5. The van der Waals surface area contributed by atoms with E-state index in [4.69, 9.17) is 5.26 Å². The molecule has 2 bridgehead atoms. The maximum Gasteiger partial charge on any atom is 0.245 e. The summed E-state index contributed by atoms with van der Waals surface area (Å²) < 4.78 is 16.0. The van der Waals surface area contributed by atoms with Gasteiger partial charge in [0.05, 0.1) is 12.2 Å². The van der Waals surface area contributed by atoms with Crippen molar-refractivity contribution in [1.29, 1.82) is 5.26 Å². The maximum atomic E-state index is 16.0. The lowest BCUT2D eigenvalue weighted by atomic mass is 9.68. The number of fused-ring (bicyclic) bond motifs is 2. The highest BCUT2D eigenvalue weighted by Crippen LogP contribution is 2.46. The number of alkyl halides is 1. The molecule has 1 aromatic carbocycles. The predicted molar refractivity (Wildman–Crippen MR) is 135 cm³/mol. The van der Waals surface area contributed by atoms with Crippen LogP contribution in [0, 0.1) is 11.3 Å². The van der Waals surface area contributed by atoms with Gasteiger partial charge in [-0.2, -0.15) is 5.26 Å². The predicted octanol–water partition coefficient (Wildman–Crippen LogP) is 4.61. The van der Waals surface area contributed by atoms with Gasteiger partial charge >= 0.3 is 0 Å². The second kappa shape index (κ2) is 8.46. The molecule has 2 N–H and O–H groups in total. The third-order valence-corrected chi connectivity index (χ3v) is 8.73. The molecule has 36 heavy (non-hydrogen) atoms. The Morgan fingerprint density at radius 2 is 2.08 bits per heavy atom. The average Bonchev–Trinajstić information content (AvgIpc) is 3.57. The molecule has 3 fully saturated rings. The van der Waals surface area contributed by atoms with Gasteiger partial charge in [-0.25, -0.2) is 14.4 Å². The lowest BCUT2D eigenvalue weighted by molar-refractivity contribution is 0.0000874. The van der Waals surface area contributed by atoms with Gasteiger partial charge in [0.2, 0.25) is 5.95 Å². The summed E-state index contributed by atoms with van der Waals surface area (Å²) >= 11 is 1.34. The van der Waals surface area contributed by atoms with E-state index in [-0.39, 0.29) is 23.4 Å². The van der Waals surface area contributed by atoms with Crippen molar-refractivity contribution in [1.82, 2.24) is 25.5 Å². The van der Waals surface area contributed by atoms with Gasteiger partial charge in [0.15, 0.2) is 5.69 Å². The number of hydrogen-bond acceptors (Lipinski definition) is 9. The second-order valence-electron chi connectivity index (χ2n) is 10.8. The smallest absolute Gasteiger partial charge is 0.245 e. The van der Waals surface area contributed by atoms with Crippen LogP contribution in [-0.2, 0) is 0 Å². The summed E-state index contributed by atoms with van der Waals surface area (Å²) in [7, 11) is 0. The van der Waals surface area contributed by atoms with E-state index >= 15 is 4.39 Å². The summed E-state index contributed by atoms with van der Waals surface area (Å²) in [6, 6.07) is 7.12. The first-order chi connectivity index (χ1) is 17.3. The number of nitrogens with one attached hydrogen (secondary N) is 1. The first-order valence-corrected chi connectivity index (χ1v) is 13.3. The number of phenolic OH excluding ortho intramolecular Hbond substituents is 1. The molecule has 2 saturated heterocycles. The number of hydrogen-bond donors (Lipinski definition) is 2. The number of benzene rings is 1. The Balaban J connectivity index is 1.28. The molecule has 4 atom stereocenters. The van der Waals surface area contributed by atoms with Crippen LogP contribution < -0.4 is 10.2 Å². The molecular formula is C26H28FN7OS. The number of aromatic hydroxyl groups is 1. The Morgan fingerprint density at radius 1 is 1.25 bits per heavy atom. The molecule has 186 valence electrons. The summed E-state index contributed by atoms with van der Waals surface area (Å²) in [4.78, 5) is 10.9. The summed E-state index contributed by atoms with van der Waals surface area (Å²) in [5, 5.41) is 34.4. The number of thiazole rings is 1. The van der Waals surface area contributed by atoms with E-state index in [1.165, 1.54) is 11.3 Å². The van der Waals surface area contributed by atoms with Crippen LogP contribution in [-0.4, -0.2) is 54.6 Å². The summed E-state index contributed by atoms with van der Waals surface area (Å²) in [6.07, 6.45) is 6.18. The molecular weight excluding hydrogens is 477 g/mol. The zero-order valence-electron chi connectivity index (χ0n) is 20.3. The van der Waals surface area contributed by atoms with Crippen LogP contribution in [0.3, 0.4) is 0 Å². The summed E-state index contributed by atoms with van der Waals surface area (Å²) in [5.41, 5.74) is 1.36. The van der Waals surface area contributed by atoms with Gasteiger partial charge in [-0.1, -0.05) is 6.07 Å². The Labute approximate surface area is 213 Å². The fraction of sp³-hybridized carbons (Fsp3) is 0.500. The molecule has 4 heterocycles. The van der Waals surface area contributed by atoms with Gasteiger partial charge in [0.25, 0.3) is 0 Å². The van der Waals surface area contributed by atoms with E-state index in [9.17, 15) is 5.11 Å². The minimum absolute atomic E-state index is 0.0277. The second-order valence-corrected chi connectivity index (χ2v) is 11.7. The van der Waals surface area contributed by atoms with Crippen molar-refractivity contribution >= 4 is 17.3 Å². The number of anilines is 1. The number of aromatic nitrogens is 4. The Bertz CT molecular complexity index is 1340. The number of halogens is 1. The van der Waals surface area contributed by atoms with E-state index in [2.05, 4.69) is 37.3 Å². The molecule has 0 unspecified atom stereocenters. The standard InChI is InChI=1S/C26H28FN7OS/c1-25-8-3-9-26(2,33-25)22(27)20(11-25)34(17-5-6-17)24-29-13-19(31-32-24)18-7-4-15(10-21(18)35)23-30-16(12-28)14-36-23/h4,7,10,13-14,17,20,22,33,35H,3,5-6,8-9,11H2,1-2H3/t20-,22-,25-,26+/m1/s1. The molecule has 3 aliphatic rings. The first-order valence-electron chi connectivity index (χ1n) is 12.4. The third kappa shape index (κ3) is 4.00. The zero-order chi connectivity index (χ0) is 25.1. The van der Waals surface area contributed by atoms with Crippen molar-refractivity contribution in [2.24, 2.45) is 0 Å². The lowest BCUT2D eigenvalue weighted by Gasteiger charge is -2.57. The van der Waals surface area contributed by atoms with E-state index < -0.39 is 11.7 Å². The van der Waals surface area contributed by atoms with Gasteiger partial charge in [0.1, 0.15) is 28.7 Å². The zero-order valence-corrected chi connectivity index (χ0v) is 21.1. The first kappa shape index (κ1) is 23.3. The Morgan fingerprint density at radius 3 is 2.75 bits per heavy atom. The maximum absolute atomic E-state index is 16.0. The average molecular weight is 506 g/mol. The van der Waals surface area contributed by atoms with Crippen LogP contribution >= 0.6 is 11.3 Å². The van der Waals surface area contributed by atoms with Gasteiger partial charge in [-0.05, 0) is 64.5 Å². The van der Waals surface area contributed by atoms with Crippen LogP contribution in [0.15, 0.2) is 29.8 Å². The monoisotopic (exact) mass is 505 g/mol. The Kier molecular flexibility index (Phi) is 5.46. The van der Waals surface area contributed by atoms with Crippen LogP contribution in [0.25, 0.3) is 21.8 Å². The minimum Gasteiger partial charge on any atom is -0.507 e. The van der Waals surface area contributed by atoms with Crippen LogP contribution in [0.2, 0.25) is 0 Å². The van der Waals surface area contributed by atoms with Crippen molar-refractivity contribution in [3.63, 3.8) is 0 Å². The molecule has 2 aromatic heterocycles. The van der Waals surface area contributed by atoms with Crippen LogP contribution in [0.1, 0.15) is 58.1 Å². The molecule has 0 amide bonds. The summed E-state index contributed by atoms with van der Waals surface area (Å²) in [6.45, 7) is 4.21. The van der Waals surface area contributed by atoms with Crippen LogP contribution in [0.4, 0.5) is 10.3 Å². The largest absolute Gasteiger partial charge is 0.507 e. The molecule has 1 saturated carbocycles. The fourth-order valence-electron chi connectivity index (χ4n) is 6.03. The highest BCUT2D eigenvalue weighted by atomic mass is 32.1. The summed E-state index contributed by atoms with van der Waals surface area (Å²) in [5.74, 6) is 0.476. The number of phenols is 1. The number of rotatable bonds is 5. The van der Waals surface area contributed by atoms with Gasteiger partial charge in [0, 0.05) is 33.6 Å². The molecule has 0 spiro atoms. The van der Waals surface area contributed by atoms with Crippen molar-refractivity contribution in [3.8, 4) is 33.6 Å². The van der Waals surface area contributed by atoms with E-state index in [1.807, 2.05) is 19.1 Å². The van der Waals surface area contributed by atoms with Gasteiger partial charge in [-0.3, -0.25) is 0 Å². The van der Waals surface area contributed by atoms with Gasteiger partial charge in [-0.15, -0.1) is 21.5 Å². The highest BCUT2D eigenvalue weighted by molar-refractivity contribution is 7.13.